The zero-order chi connectivity index (χ0) is 15.6. The van der Waals surface area contributed by atoms with Gasteiger partial charge in [0.05, 0.1) is 7.11 Å². The number of aryl methyl sites for hydroxylation is 1. The monoisotopic (exact) mass is 416 g/mol. The summed E-state index contributed by atoms with van der Waals surface area (Å²) in [4.78, 5) is 0.363. The van der Waals surface area contributed by atoms with Gasteiger partial charge in [-0.2, -0.15) is 0 Å². The minimum Gasteiger partial charge on any atom is -0.496 e. The molecule has 2 rings (SSSR count). The number of alkyl halides is 1. The Morgan fingerprint density at radius 1 is 1.24 bits per heavy atom. The van der Waals surface area contributed by atoms with E-state index in [-0.39, 0.29) is 0 Å². The fourth-order valence-electron chi connectivity index (χ4n) is 3.83. The zero-order valence-corrected chi connectivity index (χ0v) is 16.7. The number of methoxy groups -OCH3 is 1. The van der Waals surface area contributed by atoms with Crippen LogP contribution in [0.4, 0.5) is 0 Å². The first-order valence-electron chi connectivity index (χ1n) is 7.88. The smallest absolute Gasteiger partial charge is 0.123 e. The molecule has 1 aromatic rings. The normalized spacial score (nSPS) is 19.0. The highest BCUT2D eigenvalue weighted by Crippen LogP contribution is 2.57. The van der Waals surface area contributed by atoms with Gasteiger partial charge in [-0.05, 0) is 55.2 Å². The lowest BCUT2D eigenvalue weighted by atomic mass is 9.74. The van der Waals surface area contributed by atoms with Gasteiger partial charge >= 0.3 is 0 Å². The van der Waals surface area contributed by atoms with Crippen LogP contribution >= 0.6 is 31.9 Å². The highest BCUT2D eigenvalue weighted by molar-refractivity contribution is 9.10. The van der Waals surface area contributed by atoms with Crippen LogP contribution in [0.2, 0.25) is 0 Å². The van der Waals surface area contributed by atoms with Crippen molar-refractivity contribution in [1.29, 1.82) is 0 Å². The number of benzene rings is 1. The van der Waals surface area contributed by atoms with Gasteiger partial charge in [-0.1, -0.05) is 58.5 Å². The predicted octanol–water partition coefficient (Wildman–Crippen LogP) is 6.81. The molecule has 0 heterocycles. The van der Waals surface area contributed by atoms with E-state index in [1.165, 1.54) is 47.7 Å². The van der Waals surface area contributed by atoms with Gasteiger partial charge in [0.15, 0.2) is 0 Å². The molecule has 21 heavy (non-hydrogen) atoms. The number of halogens is 2. The van der Waals surface area contributed by atoms with Crippen molar-refractivity contribution in [3.8, 4) is 5.75 Å². The molecule has 0 aromatic heterocycles. The first-order chi connectivity index (χ1) is 9.89. The van der Waals surface area contributed by atoms with Gasteiger partial charge < -0.3 is 4.74 Å². The van der Waals surface area contributed by atoms with Crippen molar-refractivity contribution >= 4 is 31.9 Å². The molecule has 0 bridgehead atoms. The largest absolute Gasteiger partial charge is 0.496 e. The predicted molar refractivity (Wildman–Crippen MR) is 97.5 cm³/mol. The van der Waals surface area contributed by atoms with Crippen molar-refractivity contribution in [2.75, 3.05) is 7.11 Å². The molecule has 0 N–H and O–H groups in total. The molecule has 0 amide bonds. The Morgan fingerprint density at radius 3 is 2.38 bits per heavy atom. The lowest BCUT2D eigenvalue weighted by Crippen LogP contribution is -2.25. The van der Waals surface area contributed by atoms with Crippen molar-refractivity contribution in [2.45, 2.75) is 57.7 Å². The van der Waals surface area contributed by atoms with Gasteiger partial charge in [-0.3, -0.25) is 0 Å². The lowest BCUT2D eigenvalue weighted by molar-refractivity contribution is 0.227. The summed E-state index contributed by atoms with van der Waals surface area (Å²) >= 11 is 7.73. The maximum Gasteiger partial charge on any atom is 0.123 e. The van der Waals surface area contributed by atoms with Crippen LogP contribution in [0.15, 0.2) is 16.6 Å². The summed E-state index contributed by atoms with van der Waals surface area (Å²) in [5.74, 6) is 1.73. The van der Waals surface area contributed by atoms with Gasteiger partial charge in [0.25, 0.3) is 0 Å². The van der Waals surface area contributed by atoms with Crippen molar-refractivity contribution in [2.24, 2.45) is 11.3 Å². The second-order valence-corrected chi connectivity index (χ2v) is 8.64. The van der Waals surface area contributed by atoms with Crippen molar-refractivity contribution < 1.29 is 4.74 Å². The lowest BCUT2D eigenvalue weighted by Gasteiger charge is -2.37. The van der Waals surface area contributed by atoms with Crippen molar-refractivity contribution in [3.05, 3.63) is 27.7 Å². The van der Waals surface area contributed by atoms with Crippen LogP contribution in [0.1, 0.15) is 61.9 Å². The molecule has 3 heteroatoms. The quantitative estimate of drug-likeness (QED) is 0.478. The first kappa shape index (κ1) is 17.3. The standard InChI is InChI=1S/C18H26Br2O/c1-12(2)11-18(7-5-6-8-18)17(20)14-10-15(19)13(3)9-16(14)21-4/h9-10,12,17H,5-8,11H2,1-4H3. The highest BCUT2D eigenvalue weighted by atomic mass is 79.9. The second-order valence-electron chi connectivity index (χ2n) is 6.87. The van der Waals surface area contributed by atoms with Gasteiger partial charge in [0.1, 0.15) is 5.75 Å². The Kier molecular flexibility index (Phi) is 5.81. The number of hydrogen-bond acceptors (Lipinski definition) is 1. The highest BCUT2D eigenvalue weighted by Gasteiger charge is 2.42. The Bertz CT molecular complexity index is 490. The van der Waals surface area contributed by atoms with Crippen LogP contribution in [0.25, 0.3) is 0 Å². The molecule has 1 unspecified atom stereocenters. The minimum absolute atomic E-state index is 0.363. The van der Waals surface area contributed by atoms with E-state index in [1.807, 2.05) is 0 Å². The van der Waals surface area contributed by atoms with Crippen LogP contribution in [0, 0.1) is 18.3 Å². The summed E-state index contributed by atoms with van der Waals surface area (Å²) in [5.41, 5.74) is 2.88. The first-order valence-corrected chi connectivity index (χ1v) is 9.58. The molecule has 1 aromatic carbocycles. The Balaban J connectivity index is 2.41. The van der Waals surface area contributed by atoms with Crippen LogP contribution in [-0.4, -0.2) is 7.11 Å². The van der Waals surface area contributed by atoms with Crippen LogP contribution < -0.4 is 4.74 Å². The summed E-state index contributed by atoms with van der Waals surface area (Å²) in [6.07, 6.45) is 6.61. The van der Waals surface area contributed by atoms with Gasteiger partial charge in [-0.15, -0.1) is 0 Å². The molecule has 1 nitrogen and oxygen atoms in total. The maximum atomic E-state index is 5.66. The third-order valence-corrected chi connectivity index (χ3v) is 7.05. The van der Waals surface area contributed by atoms with E-state index in [0.29, 0.717) is 10.2 Å². The van der Waals surface area contributed by atoms with E-state index >= 15 is 0 Å². The molecule has 0 aliphatic heterocycles. The maximum absolute atomic E-state index is 5.66. The van der Waals surface area contributed by atoms with E-state index in [0.717, 1.165) is 11.7 Å². The summed E-state index contributed by atoms with van der Waals surface area (Å²) in [5, 5.41) is 0. The molecule has 1 saturated carbocycles. The topological polar surface area (TPSA) is 9.23 Å². The Hall–Kier alpha value is -0.0200. The van der Waals surface area contributed by atoms with E-state index in [2.05, 4.69) is 64.8 Å². The molecular formula is C18H26Br2O. The van der Waals surface area contributed by atoms with Gasteiger partial charge in [-0.25, -0.2) is 0 Å². The summed E-state index contributed by atoms with van der Waals surface area (Å²) in [7, 11) is 1.77. The van der Waals surface area contributed by atoms with E-state index in [4.69, 9.17) is 4.74 Å². The molecule has 0 spiro atoms. The van der Waals surface area contributed by atoms with Crippen LogP contribution in [0.5, 0.6) is 5.75 Å². The Morgan fingerprint density at radius 2 is 1.86 bits per heavy atom. The molecule has 0 saturated heterocycles. The second kappa shape index (κ2) is 7.04. The fourth-order valence-corrected chi connectivity index (χ4v) is 5.19. The van der Waals surface area contributed by atoms with E-state index in [9.17, 15) is 0 Å². The molecule has 118 valence electrons. The molecule has 1 atom stereocenters. The van der Waals surface area contributed by atoms with Crippen LogP contribution in [0.3, 0.4) is 0 Å². The molecule has 1 aliphatic rings. The fraction of sp³-hybridized carbons (Fsp3) is 0.667. The summed E-state index contributed by atoms with van der Waals surface area (Å²) in [6.45, 7) is 6.78. The van der Waals surface area contributed by atoms with Gasteiger partial charge in [0, 0.05) is 14.9 Å². The number of ether oxygens (including phenoxy) is 1. The Labute approximate surface area is 146 Å². The van der Waals surface area contributed by atoms with Crippen molar-refractivity contribution in [3.63, 3.8) is 0 Å². The molecule has 1 aliphatic carbocycles. The third kappa shape index (κ3) is 3.67. The molecule has 0 radical (unpaired) electrons. The molecular weight excluding hydrogens is 392 g/mol. The van der Waals surface area contributed by atoms with E-state index < -0.39 is 0 Å². The third-order valence-electron chi connectivity index (χ3n) is 4.74. The number of hydrogen-bond donors (Lipinski definition) is 0. The number of rotatable bonds is 5. The minimum atomic E-state index is 0.363. The average Bonchev–Trinajstić information content (AvgIpc) is 2.89. The van der Waals surface area contributed by atoms with Crippen LogP contribution in [-0.2, 0) is 0 Å². The summed E-state index contributed by atoms with van der Waals surface area (Å²) in [6, 6.07) is 4.39. The average molecular weight is 418 g/mol. The zero-order valence-electron chi connectivity index (χ0n) is 13.5. The van der Waals surface area contributed by atoms with Crippen molar-refractivity contribution in [1.82, 2.24) is 0 Å². The summed E-state index contributed by atoms with van der Waals surface area (Å²) < 4.78 is 6.83. The van der Waals surface area contributed by atoms with E-state index in [1.54, 1.807) is 7.11 Å². The SMILES string of the molecule is COc1cc(C)c(Br)cc1C(Br)C1(CC(C)C)CCCC1. The molecule has 1 fully saturated rings. The van der Waals surface area contributed by atoms with Gasteiger partial charge in [0.2, 0.25) is 0 Å².